The van der Waals surface area contributed by atoms with Crippen LogP contribution in [-0.2, 0) is 4.74 Å². The van der Waals surface area contributed by atoms with Crippen molar-refractivity contribution in [2.45, 2.75) is 45.1 Å². The second-order valence-electron chi connectivity index (χ2n) is 6.01. The third-order valence-corrected chi connectivity index (χ3v) is 4.26. The van der Waals surface area contributed by atoms with E-state index in [1.807, 2.05) is 0 Å². The van der Waals surface area contributed by atoms with E-state index < -0.39 is 0 Å². The first-order valence-corrected chi connectivity index (χ1v) is 7.25. The molecule has 17 heavy (non-hydrogen) atoms. The number of hydrogen-bond acceptors (Lipinski definition) is 3. The summed E-state index contributed by atoms with van der Waals surface area (Å²) in [7, 11) is 2.26. The first-order valence-electron chi connectivity index (χ1n) is 7.25. The Kier molecular flexibility index (Phi) is 4.83. The maximum atomic E-state index is 5.72. The number of ether oxygens (including phenoxy) is 1. The summed E-state index contributed by atoms with van der Waals surface area (Å²) >= 11 is 0. The molecule has 0 aromatic rings. The van der Waals surface area contributed by atoms with Crippen LogP contribution in [-0.4, -0.2) is 50.8 Å². The van der Waals surface area contributed by atoms with E-state index in [1.165, 1.54) is 51.7 Å². The van der Waals surface area contributed by atoms with Crippen LogP contribution in [0, 0.1) is 5.41 Å². The van der Waals surface area contributed by atoms with Gasteiger partial charge in [0, 0.05) is 26.2 Å². The summed E-state index contributed by atoms with van der Waals surface area (Å²) < 4.78 is 5.72. The average molecular weight is 240 g/mol. The van der Waals surface area contributed by atoms with Gasteiger partial charge in [0.25, 0.3) is 0 Å². The molecule has 2 unspecified atom stereocenters. The van der Waals surface area contributed by atoms with Gasteiger partial charge in [-0.25, -0.2) is 0 Å². The first kappa shape index (κ1) is 13.3. The first-order chi connectivity index (χ1) is 8.24. The molecule has 3 heteroatoms. The summed E-state index contributed by atoms with van der Waals surface area (Å²) in [5, 5.41) is 3.54. The molecule has 0 bridgehead atoms. The summed E-state index contributed by atoms with van der Waals surface area (Å²) in [5.41, 5.74) is 0.530. The molecule has 2 aliphatic rings. The summed E-state index contributed by atoms with van der Waals surface area (Å²) in [4.78, 5) is 2.50. The van der Waals surface area contributed by atoms with Crippen molar-refractivity contribution in [3.63, 3.8) is 0 Å². The third kappa shape index (κ3) is 3.67. The van der Waals surface area contributed by atoms with Crippen molar-refractivity contribution >= 4 is 0 Å². The Bertz CT molecular complexity index is 220. The minimum absolute atomic E-state index is 0.494. The fraction of sp³-hybridized carbons (Fsp3) is 1.00. The van der Waals surface area contributed by atoms with Crippen LogP contribution in [0.25, 0.3) is 0 Å². The predicted octanol–water partition coefficient (Wildman–Crippen LogP) is 1.88. The maximum Gasteiger partial charge on any atom is 0.0702 e. The van der Waals surface area contributed by atoms with Gasteiger partial charge in [-0.1, -0.05) is 13.3 Å². The monoisotopic (exact) mass is 240 g/mol. The molecule has 2 rings (SSSR count). The lowest BCUT2D eigenvalue weighted by atomic mass is 9.82. The second kappa shape index (κ2) is 6.17. The quantitative estimate of drug-likeness (QED) is 0.767. The molecule has 0 aromatic heterocycles. The van der Waals surface area contributed by atoms with Gasteiger partial charge in [0.15, 0.2) is 0 Å². The van der Waals surface area contributed by atoms with E-state index in [2.05, 4.69) is 24.2 Å². The number of nitrogens with zero attached hydrogens (tertiary/aromatic N) is 1. The van der Waals surface area contributed by atoms with Crippen molar-refractivity contribution < 1.29 is 4.74 Å². The zero-order chi connectivity index (χ0) is 12.1. The van der Waals surface area contributed by atoms with Gasteiger partial charge in [-0.15, -0.1) is 0 Å². The van der Waals surface area contributed by atoms with E-state index >= 15 is 0 Å². The maximum absolute atomic E-state index is 5.72. The number of likely N-dealkylation sites (N-methyl/N-ethyl adjacent to an activating group) is 1. The number of nitrogens with one attached hydrogen (secondary N) is 1. The van der Waals surface area contributed by atoms with Gasteiger partial charge in [0.2, 0.25) is 0 Å². The number of hydrogen-bond donors (Lipinski definition) is 1. The van der Waals surface area contributed by atoms with Crippen molar-refractivity contribution in [2.24, 2.45) is 5.41 Å². The van der Waals surface area contributed by atoms with Gasteiger partial charge in [0.1, 0.15) is 0 Å². The highest BCUT2D eigenvalue weighted by atomic mass is 16.5. The topological polar surface area (TPSA) is 24.5 Å². The van der Waals surface area contributed by atoms with Crippen LogP contribution < -0.4 is 5.32 Å². The molecular formula is C14H28N2O. The molecule has 100 valence electrons. The molecule has 0 amide bonds. The predicted molar refractivity (Wildman–Crippen MR) is 71.3 cm³/mol. The Balaban J connectivity index is 1.80. The minimum Gasteiger partial charge on any atom is -0.377 e. The van der Waals surface area contributed by atoms with Crippen LogP contribution in [0.15, 0.2) is 0 Å². The molecule has 0 radical (unpaired) electrons. The Morgan fingerprint density at radius 3 is 2.94 bits per heavy atom. The molecule has 2 saturated heterocycles. The molecule has 2 heterocycles. The van der Waals surface area contributed by atoms with Gasteiger partial charge in [-0.3, -0.25) is 0 Å². The normalized spacial score (nSPS) is 33.7. The fourth-order valence-corrected chi connectivity index (χ4v) is 3.53. The summed E-state index contributed by atoms with van der Waals surface area (Å²) in [6.45, 7) is 8.03. The van der Waals surface area contributed by atoms with E-state index in [9.17, 15) is 0 Å². The van der Waals surface area contributed by atoms with Crippen molar-refractivity contribution in [1.29, 1.82) is 0 Å². The van der Waals surface area contributed by atoms with Crippen LogP contribution in [0.1, 0.15) is 39.0 Å². The highest BCUT2D eigenvalue weighted by Gasteiger charge is 2.34. The summed E-state index contributed by atoms with van der Waals surface area (Å²) in [5.74, 6) is 0. The van der Waals surface area contributed by atoms with E-state index in [-0.39, 0.29) is 0 Å². The van der Waals surface area contributed by atoms with Crippen molar-refractivity contribution in [3.05, 3.63) is 0 Å². The van der Waals surface area contributed by atoms with E-state index in [4.69, 9.17) is 4.74 Å². The molecule has 0 aromatic carbocycles. The lowest BCUT2D eigenvalue weighted by Crippen LogP contribution is -2.40. The van der Waals surface area contributed by atoms with Gasteiger partial charge in [0.05, 0.1) is 6.10 Å². The minimum atomic E-state index is 0.494. The smallest absolute Gasteiger partial charge is 0.0702 e. The van der Waals surface area contributed by atoms with Crippen LogP contribution in [0.5, 0.6) is 0 Å². The Morgan fingerprint density at radius 2 is 2.35 bits per heavy atom. The SMILES string of the molecule is CCCC1(CN(C)CC2CCCO2)CCNC1. The lowest BCUT2D eigenvalue weighted by molar-refractivity contribution is 0.0656. The van der Waals surface area contributed by atoms with E-state index in [0.29, 0.717) is 11.5 Å². The average Bonchev–Trinajstić information content (AvgIpc) is 2.90. The van der Waals surface area contributed by atoms with E-state index in [1.54, 1.807) is 0 Å². The van der Waals surface area contributed by atoms with Gasteiger partial charge < -0.3 is 15.0 Å². The zero-order valence-electron chi connectivity index (χ0n) is 11.5. The standard InChI is InChI=1S/C14H28N2O/c1-3-6-14(7-8-15-11-14)12-16(2)10-13-5-4-9-17-13/h13,15H,3-12H2,1-2H3. The van der Waals surface area contributed by atoms with Gasteiger partial charge >= 0.3 is 0 Å². The highest BCUT2D eigenvalue weighted by Crippen LogP contribution is 2.32. The molecule has 0 aliphatic carbocycles. The lowest BCUT2D eigenvalue weighted by Gasteiger charge is -2.33. The van der Waals surface area contributed by atoms with Crippen LogP contribution in [0.4, 0.5) is 0 Å². The fourth-order valence-electron chi connectivity index (χ4n) is 3.53. The second-order valence-corrected chi connectivity index (χ2v) is 6.01. The molecule has 2 fully saturated rings. The summed E-state index contributed by atoms with van der Waals surface area (Å²) in [6.07, 6.45) is 7.00. The van der Waals surface area contributed by atoms with Crippen molar-refractivity contribution in [3.8, 4) is 0 Å². The Morgan fingerprint density at radius 1 is 1.47 bits per heavy atom. The van der Waals surface area contributed by atoms with Crippen LogP contribution in [0.3, 0.4) is 0 Å². The molecule has 0 spiro atoms. The number of rotatable bonds is 6. The molecule has 3 nitrogen and oxygen atoms in total. The Labute approximate surface area is 106 Å². The van der Waals surface area contributed by atoms with Crippen molar-refractivity contribution in [1.82, 2.24) is 10.2 Å². The van der Waals surface area contributed by atoms with Crippen LogP contribution in [0.2, 0.25) is 0 Å². The molecule has 0 saturated carbocycles. The van der Waals surface area contributed by atoms with Crippen LogP contribution >= 0.6 is 0 Å². The van der Waals surface area contributed by atoms with E-state index in [0.717, 1.165) is 13.2 Å². The highest BCUT2D eigenvalue weighted by molar-refractivity contribution is 4.90. The van der Waals surface area contributed by atoms with Gasteiger partial charge in [-0.2, -0.15) is 0 Å². The largest absolute Gasteiger partial charge is 0.377 e. The molecule has 2 atom stereocenters. The third-order valence-electron chi connectivity index (χ3n) is 4.26. The summed E-state index contributed by atoms with van der Waals surface area (Å²) in [6, 6.07) is 0. The zero-order valence-corrected chi connectivity index (χ0v) is 11.5. The molecular weight excluding hydrogens is 212 g/mol. The molecule has 2 aliphatic heterocycles. The molecule has 1 N–H and O–H groups in total. The Hall–Kier alpha value is -0.120. The van der Waals surface area contributed by atoms with Gasteiger partial charge in [-0.05, 0) is 44.7 Å². The van der Waals surface area contributed by atoms with Crippen molar-refractivity contribution in [2.75, 3.05) is 39.8 Å².